The van der Waals surface area contributed by atoms with Crippen molar-refractivity contribution >= 4 is 43.7 Å². The van der Waals surface area contributed by atoms with Crippen molar-refractivity contribution in [2.45, 2.75) is 19.3 Å². The van der Waals surface area contributed by atoms with E-state index in [9.17, 15) is 0 Å². The summed E-state index contributed by atoms with van der Waals surface area (Å²) < 4.78 is 8.77. The van der Waals surface area contributed by atoms with Gasteiger partial charge in [-0.3, -0.25) is 0 Å². The Balaban J connectivity index is 1.05. The van der Waals surface area contributed by atoms with E-state index in [2.05, 4.69) is 170 Å². The molecule has 1 aliphatic rings. The molecule has 3 aromatic heterocycles. The summed E-state index contributed by atoms with van der Waals surface area (Å²) in [7, 11) is 0. The van der Waals surface area contributed by atoms with Crippen LogP contribution in [0.1, 0.15) is 25.0 Å². The summed E-state index contributed by atoms with van der Waals surface area (Å²) in [6, 6.07) is 64.1. The molecule has 0 unspecified atom stereocenters. The molecule has 0 amide bonds. The number of rotatable bonds is 5. The molecule has 0 saturated carbocycles. The standard InChI is InChI=1S/C54H36N4O/c1-54(2)45-20-9-6-17-39(45)43-29-30-44-40-18-7-10-21-46(40)58(50(44)49(43)54)38-16-12-15-36(31-38)52-55-51(35-25-23-34(24-26-35)33-13-4-3-5-14-33)56-53(57-52)37-27-28-42-41-19-8-11-22-47(41)59-48(42)32-37/h3-32H,1-2H3. The highest BCUT2D eigenvalue weighted by Crippen LogP contribution is 2.53. The van der Waals surface area contributed by atoms with Gasteiger partial charge in [0.25, 0.3) is 0 Å². The Hall–Kier alpha value is -7.63. The Morgan fingerprint density at radius 3 is 1.85 bits per heavy atom. The number of benzene rings is 8. The van der Waals surface area contributed by atoms with Gasteiger partial charge in [-0.05, 0) is 69.8 Å². The zero-order valence-corrected chi connectivity index (χ0v) is 32.5. The lowest BCUT2D eigenvalue weighted by atomic mass is 9.81. The van der Waals surface area contributed by atoms with Crippen molar-refractivity contribution < 1.29 is 4.42 Å². The van der Waals surface area contributed by atoms with E-state index in [1.807, 2.05) is 30.3 Å². The van der Waals surface area contributed by atoms with Crippen molar-refractivity contribution in [2.75, 3.05) is 0 Å². The Morgan fingerprint density at radius 1 is 0.424 bits per heavy atom. The number of nitrogens with zero attached hydrogens (tertiary/aromatic N) is 4. The van der Waals surface area contributed by atoms with Gasteiger partial charge in [-0.2, -0.15) is 0 Å². The van der Waals surface area contributed by atoms with E-state index in [1.165, 1.54) is 38.5 Å². The van der Waals surface area contributed by atoms with Crippen molar-refractivity contribution in [1.82, 2.24) is 19.5 Å². The van der Waals surface area contributed by atoms with Crippen molar-refractivity contribution in [1.29, 1.82) is 0 Å². The summed E-state index contributed by atoms with van der Waals surface area (Å²) in [6.07, 6.45) is 0. The van der Waals surface area contributed by atoms with Crippen LogP contribution in [0.3, 0.4) is 0 Å². The molecule has 3 heterocycles. The van der Waals surface area contributed by atoms with Crippen LogP contribution in [0.2, 0.25) is 0 Å². The summed E-state index contributed by atoms with van der Waals surface area (Å²) in [4.78, 5) is 15.5. The second-order valence-electron chi connectivity index (χ2n) is 16.0. The summed E-state index contributed by atoms with van der Waals surface area (Å²) in [6.45, 7) is 4.72. The van der Waals surface area contributed by atoms with E-state index in [0.717, 1.165) is 61.0 Å². The number of furan rings is 1. The maximum absolute atomic E-state index is 6.32. The van der Waals surface area contributed by atoms with Gasteiger partial charge in [0.2, 0.25) is 0 Å². The predicted molar refractivity (Wildman–Crippen MR) is 241 cm³/mol. The summed E-state index contributed by atoms with van der Waals surface area (Å²) >= 11 is 0. The molecule has 1 aliphatic carbocycles. The number of hydrogen-bond donors (Lipinski definition) is 0. The molecular formula is C54H36N4O. The smallest absolute Gasteiger partial charge is 0.164 e. The molecule has 5 heteroatoms. The molecule has 59 heavy (non-hydrogen) atoms. The highest BCUT2D eigenvalue weighted by atomic mass is 16.3. The van der Waals surface area contributed by atoms with Gasteiger partial charge >= 0.3 is 0 Å². The van der Waals surface area contributed by atoms with Crippen LogP contribution in [-0.2, 0) is 5.41 Å². The highest BCUT2D eigenvalue weighted by molar-refractivity contribution is 6.13. The molecule has 0 saturated heterocycles. The van der Waals surface area contributed by atoms with Crippen LogP contribution in [0, 0.1) is 0 Å². The first kappa shape index (κ1) is 33.5. The Kier molecular flexibility index (Phi) is 7.20. The van der Waals surface area contributed by atoms with Gasteiger partial charge in [-0.25, -0.2) is 15.0 Å². The molecule has 0 atom stereocenters. The third-order valence-electron chi connectivity index (χ3n) is 12.2. The average molecular weight is 757 g/mol. The topological polar surface area (TPSA) is 56.7 Å². The molecule has 5 nitrogen and oxygen atoms in total. The first-order chi connectivity index (χ1) is 29.0. The van der Waals surface area contributed by atoms with Gasteiger partial charge in [0.05, 0.1) is 11.0 Å². The zero-order chi connectivity index (χ0) is 39.2. The van der Waals surface area contributed by atoms with Gasteiger partial charge in [0.1, 0.15) is 11.2 Å². The summed E-state index contributed by atoms with van der Waals surface area (Å²) in [5.74, 6) is 1.79. The molecule has 0 fully saturated rings. The lowest BCUT2D eigenvalue weighted by Gasteiger charge is -2.23. The molecule has 8 aromatic carbocycles. The van der Waals surface area contributed by atoms with Gasteiger partial charge in [-0.1, -0.05) is 159 Å². The van der Waals surface area contributed by atoms with E-state index in [1.54, 1.807) is 0 Å². The summed E-state index contributed by atoms with van der Waals surface area (Å²) in [5, 5.41) is 4.62. The average Bonchev–Trinajstić information content (AvgIpc) is 3.91. The van der Waals surface area contributed by atoms with Crippen LogP contribution in [0.4, 0.5) is 0 Å². The first-order valence-electron chi connectivity index (χ1n) is 20.1. The molecule has 0 spiro atoms. The minimum Gasteiger partial charge on any atom is -0.456 e. The van der Waals surface area contributed by atoms with E-state index in [4.69, 9.17) is 19.4 Å². The molecule has 0 N–H and O–H groups in total. The van der Waals surface area contributed by atoms with Crippen LogP contribution in [0.25, 0.3) is 106 Å². The van der Waals surface area contributed by atoms with E-state index in [-0.39, 0.29) is 5.41 Å². The van der Waals surface area contributed by atoms with E-state index >= 15 is 0 Å². The fraction of sp³-hybridized carbons (Fsp3) is 0.0556. The Labute approximate surface area is 340 Å². The highest BCUT2D eigenvalue weighted by Gasteiger charge is 2.38. The monoisotopic (exact) mass is 756 g/mol. The lowest BCUT2D eigenvalue weighted by molar-refractivity contribution is 0.664. The minimum atomic E-state index is -0.190. The predicted octanol–water partition coefficient (Wildman–Crippen LogP) is 13.8. The minimum absolute atomic E-state index is 0.190. The van der Waals surface area contributed by atoms with E-state index < -0.39 is 0 Å². The maximum atomic E-state index is 6.32. The quantitative estimate of drug-likeness (QED) is 0.175. The van der Waals surface area contributed by atoms with Gasteiger partial charge in [0.15, 0.2) is 17.5 Å². The summed E-state index contributed by atoms with van der Waals surface area (Å²) in [5.41, 5.74) is 15.2. The SMILES string of the molecule is CC1(C)c2ccccc2-c2ccc3c4ccccc4n(-c4cccc(-c5nc(-c6ccc(-c7ccccc7)cc6)nc(-c6ccc7c(c6)oc6ccccc67)n5)c4)c3c21. The number of fused-ring (bicyclic) bond motifs is 10. The third kappa shape index (κ3) is 5.14. The largest absolute Gasteiger partial charge is 0.456 e. The normalized spacial score (nSPS) is 13.1. The lowest BCUT2D eigenvalue weighted by Crippen LogP contribution is -2.16. The third-order valence-corrected chi connectivity index (χ3v) is 12.2. The second-order valence-corrected chi connectivity index (χ2v) is 16.0. The zero-order valence-electron chi connectivity index (χ0n) is 32.5. The number of para-hydroxylation sites is 2. The molecule has 12 rings (SSSR count). The van der Waals surface area contributed by atoms with Gasteiger partial charge in [-0.15, -0.1) is 0 Å². The van der Waals surface area contributed by atoms with Crippen molar-refractivity contribution in [2.24, 2.45) is 0 Å². The Bertz CT molecular complexity index is 3470. The fourth-order valence-electron chi connectivity index (χ4n) is 9.44. The number of aromatic nitrogens is 4. The van der Waals surface area contributed by atoms with Crippen molar-refractivity contribution in [3.63, 3.8) is 0 Å². The van der Waals surface area contributed by atoms with Gasteiger partial charge < -0.3 is 8.98 Å². The molecule has 278 valence electrons. The van der Waals surface area contributed by atoms with Crippen LogP contribution >= 0.6 is 0 Å². The maximum Gasteiger partial charge on any atom is 0.164 e. The molecule has 11 aromatic rings. The fourth-order valence-corrected chi connectivity index (χ4v) is 9.44. The van der Waals surface area contributed by atoms with Crippen LogP contribution in [0.15, 0.2) is 186 Å². The second kappa shape index (κ2) is 12.7. The van der Waals surface area contributed by atoms with Crippen molar-refractivity contribution in [3.05, 3.63) is 193 Å². The molecule has 0 bridgehead atoms. The molecular weight excluding hydrogens is 721 g/mol. The van der Waals surface area contributed by atoms with Crippen LogP contribution < -0.4 is 0 Å². The Morgan fingerprint density at radius 2 is 1.02 bits per heavy atom. The number of hydrogen-bond acceptors (Lipinski definition) is 4. The molecule has 0 radical (unpaired) electrons. The molecule has 0 aliphatic heterocycles. The van der Waals surface area contributed by atoms with E-state index in [0.29, 0.717) is 17.5 Å². The first-order valence-corrected chi connectivity index (χ1v) is 20.1. The van der Waals surface area contributed by atoms with Crippen LogP contribution in [0.5, 0.6) is 0 Å². The van der Waals surface area contributed by atoms with Crippen LogP contribution in [-0.4, -0.2) is 19.5 Å². The van der Waals surface area contributed by atoms with Gasteiger partial charge in [0, 0.05) is 49.3 Å². The van der Waals surface area contributed by atoms with Crippen molar-refractivity contribution in [3.8, 4) is 62.1 Å².